The normalized spacial score (nSPS) is 14.4. The first-order valence-corrected chi connectivity index (χ1v) is 12.0. The highest BCUT2D eigenvalue weighted by Crippen LogP contribution is 2.27. The number of nitrogens with zero attached hydrogens (tertiary/aromatic N) is 5. The minimum Gasteiger partial charge on any atom is -0.497 e. The van der Waals surface area contributed by atoms with Crippen LogP contribution in [-0.2, 0) is 11.3 Å². The van der Waals surface area contributed by atoms with Gasteiger partial charge in [0.25, 0.3) is 0 Å². The van der Waals surface area contributed by atoms with E-state index in [9.17, 15) is 13.2 Å². The minimum absolute atomic E-state index is 0.852. The number of thiophene rings is 1. The molecule has 1 aliphatic rings. The summed E-state index contributed by atoms with van der Waals surface area (Å²) >= 11 is 1.76. The van der Waals surface area contributed by atoms with E-state index in [2.05, 4.69) is 48.1 Å². The lowest BCUT2D eigenvalue weighted by atomic mass is 10.1. The predicted molar refractivity (Wildman–Crippen MR) is 130 cm³/mol. The van der Waals surface area contributed by atoms with Gasteiger partial charge in [0.2, 0.25) is 0 Å². The van der Waals surface area contributed by atoms with Gasteiger partial charge in [-0.15, -0.1) is 0 Å². The lowest BCUT2D eigenvalue weighted by Gasteiger charge is -2.35. The Morgan fingerprint density at radius 1 is 1.11 bits per heavy atom. The Labute approximate surface area is 209 Å². The average Bonchev–Trinajstić information content (AvgIpc) is 3.54. The molecule has 0 aliphatic carbocycles. The Bertz CT molecular complexity index is 1280. The molecule has 0 spiro atoms. The molecule has 1 N–H and O–H groups in total. The molecule has 4 aromatic rings. The summed E-state index contributed by atoms with van der Waals surface area (Å²) in [6, 6.07) is 10.3. The predicted octanol–water partition coefficient (Wildman–Crippen LogP) is 4.42. The van der Waals surface area contributed by atoms with Crippen molar-refractivity contribution in [1.82, 2.24) is 19.3 Å². The number of ether oxygens (including phenoxy) is 1. The first-order chi connectivity index (χ1) is 17.3. The van der Waals surface area contributed by atoms with E-state index in [1.54, 1.807) is 18.4 Å². The molecule has 4 heterocycles. The zero-order chi connectivity index (χ0) is 25.7. The number of carboxylic acids is 1. The maximum Gasteiger partial charge on any atom is 0.490 e. The van der Waals surface area contributed by atoms with Gasteiger partial charge < -0.3 is 14.7 Å². The van der Waals surface area contributed by atoms with Gasteiger partial charge in [-0.2, -0.15) is 24.5 Å². The van der Waals surface area contributed by atoms with E-state index < -0.39 is 12.1 Å². The van der Waals surface area contributed by atoms with Crippen molar-refractivity contribution in [2.75, 3.05) is 38.2 Å². The maximum atomic E-state index is 10.6. The largest absolute Gasteiger partial charge is 0.497 e. The summed E-state index contributed by atoms with van der Waals surface area (Å²) in [5.74, 6) is -0.944. The van der Waals surface area contributed by atoms with Crippen molar-refractivity contribution in [1.29, 1.82) is 0 Å². The summed E-state index contributed by atoms with van der Waals surface area (Å²) < 4.78 is 39.1. The van der Waals surface area contributed by atoms with Gasteiger partial charge in [0.05, 0.1) is 19.0 Å². The van der Waals surface area contributed by atoms with E-state index in [-0.39, 0.29) is 0 Å². The first-order valence-electron chi connectivity index (χ1n) is 11.0. The Morgan fingerprint density at radius 2 is 1.81 bits per heavy atom. The van der Waals surface area contributed by atoms with Gasteiger partial charge >= 0.3 is 12.1 Å². The molecule has 0 amide bonds. The number of halogens is 3. The number of aliphatic carboxylic acids is 1. The second-order valence-corrected chi connectivity index (χ2v) is 8.79. The van der Waals surface area contributed by atoms with Gasteiger partial charge in [-0.1, -0.05) is 0 Å². The third-order valence-electron chi connectivity index (χ3n) is 5.70. The summed E-state index contributed by atoms with van der Waals surface area (Å²) in [5, 5.41) is 11.5. The molecule has 12 heteroatoms. The van der Waals surface area contributed by atoms with Crippen LogP contribution in [-0.4, -0.2) is 69.8 Å². The topological polar surface area (TPSA) is 83.2 Å². The van der Waals surface area contributed by atoms with Crippen LogP contribution in [0.5, 0.6) is 5.75 Å². The molecule has 1 saturated heterocycles. The summed E-state index contributed by atoms with van der Waals surface area (Å²) in [6.45, 7) is 5.01. The van der Waals surface area contributed by atoms with Gasteiger partial charge in [-0.3, -0.25) is 9.30 Å². The maximum absolute atomic E-state index is 10.6. The Hall–Kier alpha value is -3.64. The highest BCUT2D eigenvalue weighted by molar-refractivity contribution is 7.07. The smallest absolute Gasteiger partial charge is 0.490 e. The summed E-state index contributed by atoms with van der Waals surface area (Å²) in [7, 11) is 1.68. The summed E-state index contributed by atoms with van der Waals surface area (Å²) in [5.41, 5.74) is 4.48. The fourth-order valence-corrected chi connectivity index (χ4v) is 4.52. The van der Waals surface area contributed by atoms with Crippen LogP contribution in [0.4, 0.5) is 19.0 Å². The van der Waals surface area contributed by atoms with Gasteiger partial charge in [-0.05, 0) is 46.7 Å². The number of carbonyl (C=O) groups is 1. The molecule has 1 aromatic carbocycles. The van der Waals surface area contributed by atoms with Crippen LogP contribution in [0.2, 0.25) is 0 Å². The number of piperazine rings is 1. The molecule has 0 unspecified atom stereocenters. The van der Waals surface area contributed by atoms with E-state index >= 15 is 0 Å². The molecule has 36 heavy (non-hydrogen) atoms. The quantitative estimate of drug-likeness (QED) is 0.418. The van der Waals surface area contributed by atoms with Crippen LogP contribution in [0.25, 0.3) is 16.9 Å². The number of methoxy groups -OCH3 is 1. The van der Waals surface area contributed by atoms with E-state index in [4.69, 9.17) is 19.6 Å². The highest BCUT2D eigenvalue weighted by Gasteiger charge is 2.38. The van der Waals surface area contributed by atoms with Crippen LogP contribution < -0.4 is 9.64 Å². The van der Waals surface area contributed by atoms with E-state index in [1.807, 2.05) is 30.7 Å². The number of fused-ring (bicyclic) bond motifs is 1. The molecule has 1 aliphatic heterocycles. The monoisotopic (exact) mass is 519 g/mol. The molecular weight excluding hydrogens is 495 g/mol. The SMILES string of the molecule is COc1ccc(-c2cnc3c(N4CCN(Cc5ccsc5)CC4)nccn23)cc1.O=C(O)C(F)(F)F. The van der Waals surface area contributed by atoms with Crippen LogP contribution >= 0.6 is 11.3 Å². The standard InChI is InChI=1S/C22H23N5OS.C2HF3O2/c1-28-19-4-2-18(3-5-19)20-14-24-22-21(23-7-8-27(20)22)26-11-9-25(10-12-26)15-17-6-13-29-16-17;3-2(4,5)1(6)7/h2-8,13-14,16H,9-12,15H2,1H3;(H,6,7). The molecule has 5 rings (SSSR count). The lowest BCUT2D eigenvalue weighted by molar-refractivity contribution is -0.192. The third-order valence-corrected chi connectivity index (χ3v) is 6.43. The van der Waals surface area contributed by atoms with Gasteiger partial charge in [0.1, 0.15) is 5.75 Å². The zero-order valence-corrected chi connectivity index (χ0v) is 20.2. The van der Waals surface area contributed by atoms with Crippen molar-refractivity contribution in [3.8, 4) is 17.0 Å². The number of alkyl halides is 3. The summed E-state index contributed by atoms with van der Waals surface area (Å²) in [4.78, 5) is 23.1. The van der Waals surface area contributed by atoms with E-state index in [0.29, 0.717) is 0 Å². The molecule has 8 nitrogen and oxygen atoms in total. The van der Waals surface area contributed by atoms with E-state index in [0.717, 1.165) is 61.2 Å². The number of hydrogen-bond donors (Lipinski definition) is 1. The molecule has 1 fully saturated rings. The van der Waals surface area contributed by atoms with Crippen molar-refractivity contribution in [3.05, 3.63) is 65.2 Å². The van der Waals surface area contributed by atoms with Crippen molar-refractivity contribution in [3.63, 3.8) is 0 Å². The van der Waals surface area contributed by atoms with Crippen LogP contribution in [0.15, 0.2) is 59.7 Å². The number of hydrogen-bond acceptors (Lipinski definition) is 7. The number of aromatic nitrogens is 3. The minimum atomic E-state index is -5.08. The number of carboxylic acid groups (broad SMARTS) is 1. The first kappa shape index (κ1) is 25.5. The van der Waals surface area contributed by atoms with Gasteiger partial charge in [0, 0.05) is 50.7 Å². The van der Waals surface area contributed by atoms with Crippen molar-refractivity contribution in [2.45, 2.75) is 12.7 Å². The Balaban J connectivity index is 0.000000384. The van der Waals surface area contributed by atoms with Gasteiger partial charge in [0.15, 0.2) is 11.5 Å². The van der Waals surface area contributed by atoms with Crippen molar-refractivity contribution < 1.29 is 27.8 Å². The molecule has 0 bridgehead atoms. The van der Waals surface area contributed by atoms with Crippen molar-refractivity contribution >= 4 is 28.8 Å². The number of imidazole rings is 1. The molecule has 190 valence electrons. The van der Waals surface area contributed by atoms with Crippen LogP contribution in [0, 0.1) is 0 Å². The van der Waals surface area contributed by atoms with Gasteiger partial charge in [-0.25, -0.2) is 14.8 Å². The lowest BCUT2D eigenvalue weighted by Crippen LogP contribution is -2.46. The number of rotatable bonds is 5. The number of benzene rings is 1. The van der Waals surface area contributed by atoms with E-state index in [1.165, 1.54) is 5.56 Å². The third kappa shape index (κ3) is 5.94. The fraction of sp³-hybridized carbons (Fsp3) is 0.292. The average molecular weight is 520 g/mol. The Morgan fingerprint density at radius 3 is 2.39 bits per heavy atom. The summed E-state index contributed by atoms with van der Waals surface area (Å²) in [6.07, 6.45) is 0.697. The molecule has 0 atom stereocenters. The zero-order valence-electron chi connectivity index (χ0n) is 19.4. The van der Waals surface area contributed by atoms with Crippen LogP contribution in [0.1, 0.15) is 5.56 Å². The number of anilines is 1. The second kappa shape index (κ2) is 11.0. The molecular formula is C24H24F3N5O3S. The highest BCUT2D eigenvalue weighted by atomic mass is 32.1. The molecule has 0 saturated carbocycles. The van der Waals surface area contributed by atoms with Crippen molar-refractivity contribution in [2.24, 2.45) is 0 Å². The molecule has 0 radical (unpaired) electrons. The second-order valence-electron chi connectivity index (χ2n) is 8.01. The molecule has 3 aromatic heterocycles. The fourth-order valence-electron chi connectivity index (χ4n) is 3.86. The Kier molecular flexibility index (Phi) is 7.75. The van der Waals surface area contributed by atoms with Crippen LogP contribution in [0.3, 0.4) is 0 Å².